The van der Waals surface area contributed by atoms with Crippen molar-refractivity contribution in [1.29, 1.82) is 0 Å². The van der Waals surface area contributed by atoms with Gasteiger partial charge in [-0.3, -0.25) is 4.79 Å². The average molecular weight is 320 g/mol. The third kappa shape index (κ3) is 3.48. The van der Waals surface area contributed by atoms with E-state index in [1.165, 1.54) is 0 Å². The van der Waals surface area contributed by atoms with Gasteiger partial charge in [-0.2, -0.15) is 0 Å². The first-order valence-corrected chi connectivity index (χ1v) is 8.52. The van der Waals surface area contributed by atoms with E-state index in [0.717, 1.165) is 42.0 Å². The fourth-order valence-corrected chi connectivity index (χ4v) is 3.49. The zero-order valence-electron chi connectivity index (χ0n) is 11.7. The molecule has 5 nitrogen and oxygen atoms in total. The van der Waals surface area contributed by atoms with E-state index in [2.05, 4.69) is 14.9 Å². The van der Waals surface area contributed by atoms with Gasteiger partial charge in [-0.1, -0.05) is 0 Å². The summed E-state index contributed by atoms with van der Waals surface area (Å²) in [6.45, 7) is 5.10. The van der Waals surface area contributed by atoms with Crippen LogP contribution in [-0.2, 0) is 4.79 Å². The van der Waals surface area contributed by atoms with Crippen LogP contribution in [0.15, 0.2) is 23.0 Å². The molecule has 21 heavy (non-hydrogen) atoms. The maximum absolute atomic E-state index is 12.2. The van der Waals surface area contributed by atoms with E-state index in [1.807, 2.05) is 28.8 Å². The summed E-state index contributed by atoms with van der Waals surface area (Å²) in [5.74, 6) is 0.0550. The van der Waals surface area contributed by atoms with Crippen LogP contribution in [0.4, 0.5) is 5.13 Å². The van der Waals surface area contributed by atoms with E-state index in [1.54, 1.807) is 34.8 Å². The molecule has 1 amide bonds. The summed E-state index contributed by atoms with van der Waals surface area (Å²) in [6.07, 6.45) is 5.22. The molecule has 2 aromatic heterocycles. The van der Waals surface area contributed by atoms with Gasteiger partial charge in [0.1, 0.15) is 0 Å². The lowest BCUT2D eigenvalue weighted by Gasteiger charge is -2.34. The summed E-state index contributed by atoms with van der Waals surface area (Å²) in [4.78, 5) is 24.9. The summed E-state index contributed by atoms with van der Waals surface area (Å²) in [5.41, 5.74) is 0.854. The number of aromatic nitrogens is 2. The van der Waals surface area contributed by atoms with E-state index < -0.39 is 0 Å². The first-order chi connectivity index (χ1) is 10.2. The third-order valence-electron chi connectivity index (χ3n) is 3.31. The largest absolute Gasteiger partial charge is 0.345 e. The number of hydrogen-bond acceptors (Lipinski definition) is 6. The number of hydrogen-bond donors (Lipinski definition) is 0. The quantitative estimate of drug-likeness (QED) is 0.814. The highest BCUT2D eigenvalue weighted by molar-refractivity contribution is 7.13. The standard InChI is InChI=1S/C14H16N4OS2/c1-11-16-12(10-21-11)2-3-13(19)17-5-7-18(8-6-17)14-15-4-9-20-14/h2-4,9-10H,5-8H2,1H3. The molecule has 1 aliphatic heterocycles. The Morgan fingerprint density at radius 3 is 2.71 bits per heavy atom. The normalized spacial score (nSPS) is 15.9. The van der Waals surface area contributed by atoms with E-state index >= 15 is 0 Å². The highest BCUT2D eigenvalue weighted by Gasteiger charge is 2.20. The van der Waals surface area contributed by atoms with E-state index in [4.69, 9.17) is 0 Å². The molecule has 0 unspecified atom stereocenters. The van der Waals surface area contributed by atoms with Crippen molar-refractivity contribution in [2.45, 2.75) is 6.92 Å². The summed E-state index contributed by atoms with van der Waals surface area (Å²) in [6, 6.07) is 0. The number of anilines is 1. The minimum absolute atomic E-state index is 0.0550. The fourth-order valence-electron chi connectivity index (χ4n) is 2.21. The summed E-state index contributed by atoms with van der Waals surface area (Å²) >= 11 is 3.23. The zero-order chi connectivity index (χ0) is 14.7. The second kappa shape index (κ2) is 6.36. The molecule has 0 saturated carbocycles. The number of piperazine rings is 1. The molecule has 0 aliphatic carbocycles. The number of thiazole rings is 2. The van der Waals surface area contributed by atoms with Crippen LogP contribution in [0.25, 0.3) is 6.08 Å². The zero-order valence-corrected chi connectivity index (χ0v) is 13.4. The van der Waals surface area contributed by atoms with Crippen LogP contribution in [0.2, 0.25) is 0 Å². The van der Waals surface area contributed by atoms with Gasteiger partial charge in [0.25, 0.3) is 0 Å². The van der Waals surface area contributed by atoms with Crippen molar-refractivity contribution in [3.63, 3.8) is 0 Å². The Balaban J connectivity index is 1.54. The second-order valence-electron chi connectivity index (χ2n) is 4.75. The van der Waals surface area contributed by atoms with Gasteiger partial charge >= 0.3 is 0 Å². The molecule has 2 aromatic rings. The molecule has 110 valence electrons. The second-order valence-corrected chi connectivity index (χ2v) is 6.69. The number of carbonyl (C=O) groups is 1. The Kier molecular flexibility index (Phi) is 4.31. The molecule has 7 heteroatoms. The lowest BCUT2D eigenvalue weighted by molar-refractivity contribution is -0.126. The van der Waals surface area contributed by atoms with Crippen LogP contribution < -0.4 is 4.90 Å². The minimum Gasteiger partial charge on any atom is -0.345 e. The Morgan fingerprint density at radius 1 is 1.29 bits per heavy atom. The van der Waals surface area contributed by atoms with Gasteiger partial charge in [0.15, 0.2) is 5.13 Å². The smallest absolute Gasteiger partial charge is 0.246 e. The van der Waals surface area contributed by atoms with Crippen LogP contribution in [0.3, 0.4) is 0 Å². The third-order valence-corrected chi connectivity index (χ3v) is 4.94. The number of aryl methyl sites for hydroxylation is 1. The van der Waals surface area contributed by atoms with Crippen molar-refractivity contribution >= 4 is 39.8 Å². The molecule has 0 atom stereocenters. The summed E-state index contributed by atoms with van der Waals surface area (Å²) in [7, 11) is 0. The summed E-state index contributed by atoms with van der Waals surface area (Å²) in [5, 5.41) is 5.99. The van der Waals surface area contributed by atoms with Crippen molar-refractivity contribution < 1.29 is 4.79 Å². The molecule has 0 N–H and O–H groups in total. The van der Waals surface area contributed by atoms with E-state index in [9.17, 15) is 4.79 Å². The number of nitrogens with zero attached hydrogens (tertiary/aromatic N) is 4. The number of amides is 1. The molecule has 1 fully saturated rings. The van der Waals surface area contributed by atoms with Gasteiger partial charge in [0, 0.05) is 49.2 Å². The van der Waals surface area contributed by atoms with Crippen molar-refractivity contribution in [3.8, 4) is 0 Å². The molecule has 0 bridgehead atoms. The Hall–Kier alpha value is -1.73. The molecule has 3 rings (SSSR count). The van der Waals surface area contributed by atoms with Crippen molar-refractivity contribution in [1.82, 2.24) is 14.9 Å². The van der Waals surface area contributed by atoms with Crippen LogP contribution in [-0.4, -0.2) is 47.0 Å². The molecule has 1 aliphatic rings. The van der Waals surface area contributed by atoms with Gasteiger partial charge in [-0.25, -0.2) is 9.97 Å². The molecular weight excluding hydrogens is 304 g/mol. The van der Waals surface area contributed by atoms with Gasteiger partial charge in [0.05, 0.1) is 10.7 Å². The van der Waals surface area contributed by atoms with Crippen molar-refractivity contribution in [3.05, 3.63) is 33.7 Å². The Morgan fingerprint density at radius 2 is 2.10 bits per heavy atom. The van der Waals surface area contributed by atoms with Gasteiger partial charge in [0.2, 0.25) is 5.91 Å². The average Bonchev–Trinajstić information content (AvgIpc) is 3.16. The van der Waals surface area contributed by atoms with Gasteiger partial charge in [-0.05, 0) is 13.0 Å². The van der Waals surface area contributed by atoms with Crippen LogP contribution in [0.1, 0.15) is 10.7 Å². The first-order valence-electron chi connectivity index (χ1n) is 6.76. The molecule has 0 aromatic carbocycles. The van der Waals surface area contributed by atoms with Gasteiger partial charge < -0.3 is 9.80 Å². The maximum atomic E-state index is 12.2. The lowest BCUT2D eigenvalue weighted by Crippen LogP contribution is -2.48. The van der Waals surface area contributed by atoms with E-state index in [0.29, 0.717) is 0 Å². The predicted molar refractivity (Wildman–Crippen MR) is 86.8 cm³/mol. The van der Waals surface area contributed by atoms with E-state index in [-0.39, 0.29) is 5.91 Å². The predicted octanol–water partition coefficient (Wildman–Crippen LogP) is 2.27. The first kappa shape index (κ1) is 14.2. The maximum Gasteiger partial charge on any atom is 0.246 e. The van der Waals surface area contributed by atoms with Crippen LogP contribution in [0.5, 0.6) is 0 Å². The molecule has 3 heterocycles. The molecule has 0 spiro atoms. The monoisotopic (exact) mass is 320 g/mol. The van der Waals surface area contributed by atoms with Gasteiger partial charge in [-0.15, -0.1) is 22.7 Å². The minimum atomic E-state index is 0.0550. The highest BCUT2D eigenvalue weighted by Crippen LogP contribution is 2.19. The van der Waals surface area contributed by atoms with Crippen LogP contribution >= 0.6 is 22.7 Å². The van der Waals surface area contributed by atoms with Crippen LogP contribution in [0, 0.1) is 6.92 Å². The Bertz CT molecular complexity index is 627. The fraction of sp³-hybridized carbons (Fsp3) is 0.357. The van der Waals surface area contributed by atoms with Crippen molar-refractivity contribution in [2.75, 3.05) is 31.1 Å². The molecular formula is C14H16N4OS2. The SMILES string of the molecule is Cc1nc(C=CC(=O)N2CCN(c3nccs3)CC2)cs1. The topological polar surface area (TPSA) is 49.3 Å². The van der Waals surface area contributed by atoms with Crippen molar-refractivity contribution in [2.24, 2.45) is 0 Å². The molecule has 1 saturated heterocycles. The highest BCUT2D eigenvalue weighted by atomic mass is 32.1. The number of carbonyl (C=O) groups excluding carboxylic acids is 1. The lowest BCUT2D eigenvalue weighted by atomic mass is 10.3. The number of rotatable bonds is 3. The molecule has 0 radical (unpaired) electrons. The Labute approximate surface area is 131 Å². The summed E-state index contributed by atoms with van der Waals surface area (Å²) < 4.78 is 0.